The van der Waals surface area contributed by atoms with Gasteiger partial charge in [-0.2, -0.15) is 20.1 Å². The van der Waals surface area contributed by atoms with Crippen LogP contribution in [-0.2, 0) is 0 Å². The van der Waals surface area contributed by atoms with E-state index in [2.05, 4.69) is 30.9 Å². The molecule has 5 aromatic rings. The van der Waals surface area contributed by atoms with E-state index in [4.69, 9.17) is 54.1 Å². The smallest absolute Gasteiger partial charge is 0.233 e. The summed E-state index contributed by atoms with van der Waals surface area (Å²) in [5.41, 5.74) is 4.88. The fourth-order valence-corrected chi connectivity index (χ4v) is 6.06. The molecule has 1 aliphatic rings. The van der Waals surface area contributed by atoms with Crippen LogP contribution in [0.5, 0.6) is 17.2 Å². The third kappa shape index (κ3) is 8.06. The van der Waals surface area contributed by atoms with Crippen LogP contribution in [-0.4, -0.2) is 60.3 Å². The number of halogens is 3. The van der Waals surface area contributed by atoms with Gasteiger partial charge < -0.3 is 35.3 Å². The molecule has 0 saturated carbocycles. The van der Waals surface area contributed by atoms with Crippen molar-refractivity contribution >= 4 is 75.4 Å². The standard InChI is InChI=1S/C35H33Cl3N8O4/c1-48-30-14-21(15-31(49-2)32(30)50-3)29-19-28(45-46(29)27-17-23(37)16-24(38)18-27)20-4-8-25(9-5-20)40-34-42-33(39-12-13-47)43-35(44-34)41-26-10-6-22(36)7-11-26/h4-11,14-18,29,47H,12-13,19H2,1-3H3,(H3,39,40,41,42,43,44). The van der Waals surface area contributed by atoms with E-state index in [1.807, 2.05) is 65.7 Å². The number of hydrogen-bond acceptors (Lipinski definition) is 12. The third-order valence-corrected chi connectivity index (χ3v) is 8.39. The van der Waals surface area contributed by atoms with Crippen LogP contribution in [0.25, 0.3) is 0 Å². The highest BCUT2D eigenvalue weighted by Crippen LogP contribution is 2.45. The van der Waals surface area contributed by atoms with Crippen LogP contribution in [0.1, 0.15) is 23.6 Å². The van der Waals surface area contributed by atoms with Crippen LogP contribution in [0.3, 0.4) is 0 Å². The lowest BCUT2D eigenvalue weighted by Crippen LogP contribution is -2.19. The Labute approximate surface area is 304 Å². The first-order valence-corrected chi connectivity index (χ1v) is 16.5. The second kappa shape index (κ2) is 15.7. The molecule has 4 aromatic carbocycles. The Kier molecular flexibility index (Phi) is 10.9. The monoisotopic (exact) mass is 734 g/mol. The highest BCUT2D eigenvalue weighted by Gasteiger charge is 2.32. The first-order valence-electron chi connectivity index (χ1n) is 15.4. The van der Waals surface area contributed by atoms with E-state index in [-0.39, 0.29) is 19.2 Å². The number of nitrogens with zero attached hydrogens (tertiary/aromatic N) is 5. The number of hydrazone groups is 1. The van der Waals surface area contributed by atoms with Crippen molar-refractivity contribution in [1.29, 1.82) is 0 Å². The Morgan fingerprint density at radius 3 is 1.82 bits per heavy atom. The molecule has 1 aliphatic heterocycles. The number of ether oxygens (including phenoxy) is 3. The minimum atomic E-state index is -0.243. The molecule has 50 heavy (non-hydrogen) atoms. The van der Waals surface area contributed by atoms with Gasteiger partial charge >= 0.3 is 0 Å². The normalized spacial score (nSPS) is 13.9. The van der Waals surface area contributed by atoms with Crippen molar-refractivity contribution in [3.8, 4) is 17.2 Å². The van der Waals surface area contributed by atoms with Crippen molar-refractivity contribution in [2.24, 2.45) is 5.10 Å². The van der Waals surface area contributed by atoms with E-state index in [1.165, 1.54) is 0 Å². The van der Waals surface area contributed by atoms with E-state index in [0.29, 0.717) is 56.6 Å². The number of aliphatic hydroxyl groups is 1. The van der Waals surface area contributed by atoms with Crippen molar-refractivity contribution in [2.45, 2.75) is 12.5 Å². The van der Waals surface area contributed by atoms with E-state index >= 15 is 0 Å². The van der Waals surface area contributed by atoms with Crippen molar-refractivity contribution < 1.29 is 19.3 Å². The molecule has 1 aromatic heterocycles. The van der Waals surface area contributed by atoms with Gasteiger partial charge in [0.2, 0.25) is 23.6 Å². The molecule has 0 amide bonds. The van der Waals surface area contributed by atoms with Crippen LogP contribution in [0.4, 0.5) is 34.9 Å². The van der Waals surface area contributed by atoms with Crippen molar-refractivity contribution in [1.82, 2.24) is 15.0 Å². The summed E-state index contributed by atoms with van der Waals surface area (Å²) in [4.78, 5) is 13.4. The second-order valence-corrected chi connectivity index (χ2v) is 12.3. The van der Waals surface area contributed by atoms with E-state index < -0.39 is 0 Å². The number of aromatic nitrogens is 3. The van der Waals surface area contributed by atoms with E-state index in [0.717, 1.165) is 33.9 Å². The first-order chi connectivity index (χ1) is 24.3. The number of anilines is 6. The Morgan fingerprint density at radius 2 is 1.28 bits per heavy atom. The molecule has 15 heteroatoms. The Morgan fingerprint density at radius 1 is 0.720 bits per heavy atom. The summed E-state index contributed by atoms with van der Waals surface area (Å²) >= 11 is 18.9. The second-order valence-electron chi connectivity index (χ2n) is 11.0. The Balaban J connectivity index is 1.28. The van der Waals surface area contributed by atoms with Crippen LogP contribution in [0.15, 0.2) is 84.0 Å². The highest BCUT2D eigenvalue weighted by molar-refractivity contribution is 6.35. The SMILES string of the molecule is COc1cc(C2CC(c3ccc(Nc4nc(NCCO)nc(Nc5ccc(Cl)cc5)n4)cc3)=NN2c2cc(Cl)cc(Cl)c2)cc(OC)c1OC. The van der Waals surface area contributed by atoms with Gasteiger partial charge in [0.25, 0.3) is 0 Å². The van der Waals surface area contributed by atoms with Crippen LogP contribution >= 0.6 is 34.8 Å². The summed E-state index contributed by atoms with van der Waals surface area (Å²) < 4.78 is 16.9. The summed E-state index contributed by atoms with van der Waals surface area (Å²) in [6.07, 6.45) is 0.558. The average molecular weight is 736 g/mol. The van der Waals surface area contributed by atoms with Crippen LogP contribution in [0, 0.1) is 0 Å². The van der Waals surface area contributed by atoms with Gasteiger partial charge in [0.15, 0.2) is 11.5 Å². The molecule has 0 spiro atoms. The topological polar surface area (TPSA) is 138 Å². The van der Waals surface area contributed by atoms with E-state index in [9.17, 15) is 5.11 Å². The van der Waals surface area contributed by atoms with Gasteiger partial charge in [-0.25, -0.2) is 0 Å². The Hall–Kier alpha value is -5.01. The molecule has 1 unspecified atom stereocenters. The maximum absolute atomic E-state index is 9.32. The maximum atomic E-state index is 9.32. The zero-order chi connectivity index (χ0) is 35.2. The first kappa shape index (κ1) is 34.8. The molecule has 0 aliphatic carbocycles. The quantitative estimate of drug-likeness (QED) is 0.0933. The molecule has 0 bridgehead atoms. The molecule has 12 nitrogen and oxygen atoms in total. The zero-order valence-electron chi connectivity index (χ0n) is 27.2. The molecule has 0 fully saturated rings. The highest BCUT2D eigenvalue weighted by atomic mass is 35.5. The number of methoxy groups -OCH3 is 3. The van der Waals surface area contributed by atoms with Gasteiger partial charge in [-0.15, -0.1) is 0 Å². The minimum absolute atomic E-state index is 0.0814. The van der Waals surface area contributed by atoms with E-state index in [1.54, 1.807) is 39.5 Å². The van der Waals surface area contributed by atoms with Gasteiger partial charge in [-0.05, 0) is 77.9 Å². The molecular weight excluding hydrogens is 703 g/mol. The van der Waals surface area contributed by atoms with Crippen molar-refractivity contribution in [2.75, 3.05) is 55.4 Å². The molecular formula is C35H33Cl3N8O4. The molecule has 6 rings (SSSR count). The number of hydrogen-bond donors (Lipinski definition) is 4. The molecule has 258 valence electrons. The summed E-state index contributed by atoms with van der Waals surface area (Å²) in [6, 6.07) is 23.9. The predicted molar refractivity (Wildman–Crippen MR) is 199 cm³/mol. The predicted octanol–water partition coefficient (Wildman–Crippen LogP) is 8.10. The number of rotatable bonds is 13. The summed E-state index contributed by atoms with van der Waals surface area (Å²) in [7, 11) is 4.74. The van der Waals surface area contributed by atoms with Crippen LogP contribution in [0.2, 0.25) is 15.1 Å². The molecule has 1 atom stereocenters. The molecule has 2 heterocycles. The van der Waals surface area contributed by atoms with Crippen molar-refractivity contribution in [3.05, 3.63) is 105 Å². The summed E-state index contributed by atoms with van der Waals surface area (Å²) in [5.74, 6) is 2.48. The van der Waals surface area contributed by atoms with Gasteiger partial charge in [0, 0.05) is 39.4 Å². The van der Waals surface area contributed by atoms with Gasteiger partial charge in [-0.3, -0.25) is 5.01 Å². The van der Waals surface area contributed by atoms with Gasteiger partial charge in [0.05, 0.1) is 45.4 Å². The largest absolute Gasteiger partial charge is 0.493 e. The lowest BCUT2D eigenvalue weighted by Gasteiger charge is -2.25. The number of aliphatic hydroxyl groups excluding tert-OH is 1. The third-order valence-electron chi connectivity index (χ3n) is 7.70. The fraction of sp³-hybridized carbons (Fsp3) is 0.200. The van der Waals surface area contributed by atoms with Gasteiger partial charge in [-0.1, -0.05) is 46.9 Å². The lowest BCUT2D eigenvalue weighted by molar-refractivity contribution is 0.311. The van der Waals surface area contributed by atoms with Gasteiger partial charge in [0.1, 0.15) is 0 Å². The summed E-state index contributed by atoms with van der Waals surface area (Å²) in [6.45, 7) is 0.193. The van der Waals surface area contributed by atoms with Crippen molar-refractivity contribution in [3.63, 3.8) is 0 Å². The minimum Gasteiger partial charge on any atom is -0.493 e. The molecule has 0 saturated heterocycles. The lowest BCUT2D eigenvalue weighted by atomic mass is 9.97. The molecule has 4 N–H and O–H groups in total. The molecule has 0 radical (unpaired) electrons. The average Bonchev–Trinajstić information content (AvgIpc) is 3.57. The maximum Gasteiger partial charge on any atom is 0.233 e. The summed E-state index contributed by atoms with van der Waals surface area (Å²) in [5, 5.41) is 27.3. The number of benzene rings is 4. The Bertz CT molecular complexity index is 1950. The fourth-order valence-electron chi connectivity index (χ4n) is 5.42. The van der Waals surface area contributed by atoms with Crippen LogP contribution < -0.4 is 35.2 Å². The number of nitrogens with one attached hydrogen (secondary N) is 3. The zero-order valence-corrected chi connectivity index (χ0v) is 29.5.